The summed E-state index contributed by atoms with van der Waals surface area (Å²) in [4.78, 5) is 28.6. The van der Waals surface area contributed by atoms with Crippen LogP contribution >= 0.6 is 11.6 Å². The number of hydrogen-bond donors (Lipinski definition) is 1. The van der Waals surface area contributed by atoms with Crippen LogP contribution in [0.3, 0.4) is 0 Å². The van der Waals surface area contributed by atoms with Gasteiger partial charge in [0.2, 0.25) is 0 Å². The molecule has 2 aromatic rings. The van der Waals surface area contributed by atoms with E-state index in [1.165, 1.54) is 6.07 Å². The molecule has 1 unspecified atom stereocenters. The third kappa shape index (κ3) is 3.87. The van der Waals surface area contributed by atoms with Gasteiger partial charge in [0.25, 0.3) is 11.8 Å². The van der Waals surface area contributed by atoms with E-state index in [1.807, 2.05) is 6.92 Å². The van der Waals surface area contributed by atoms with E-state index in [-0.39, 0.29) is 17.9 Å². The third-order valence-electron chi connectivity index (χ3n) is 5.67. The van der Waals surface area contributed by atoms with Crippen LogP contribution in [-0.2, 0) is 4.79 Å². The molecule has 2 amide bonds. The number of piperazine rings is 1. The quantitative estimate of drug-likeness (QED) is 0.834. The van der Waals surface area contributed by atoms with Crippen LogP contribution in [0.5, 0.6) is 0 Å². The zero-order chi connectivity index (χ0) is 20.8. The van der Waals surface area contributed by atoms with Gasteiger partial charge in [0.05, 0.1) is 0 Å². The summed E-state index contributed by atoms with van der Waals surface area (Å²) in [6, 6.07) is 11.1. The molecule has 1 heterocycles. The Morgan fingerprint density at radius 1 is 1.14 bits per heavy atom. The molecule has 4 rings (SSSR count). The van der Waals surface area contributed by atoms with Gasteiger partial charge in [0.1, 0.15) is 11.4 Å². The van der Waals surface area contributed by atoms with Gasteiger partial charge in [-0.2, -0.15) is 0 Å². The van der Waals surface area contributed by atoms with Crippen LogP contribution in [0, 0.1) is 5.82 Å². The van der Waals surface area contributed by atoms with Crippen molar-refractivity contribution in [3.8, 4) is 11.1 Å². The SMILES string of the molecule is CC1CN(C(=O)c2ccc(-c3ccc(Cl)cc3F)cc2)CCN1C(=O)C1(O)CC1. The Balaban J connectivity index is 1.44. The first-order valence-electron chi connectivity index (χ1n) is 9.67. The Bertz CT molecular complexity index is 959. The summed E-state index contributed by atoms with van der Waals surface area (Å²) in [5.74, 6) is -0.771. The van der Waals surface area contributed by atoms with Crippen LogP contribution in [0.4, 0.5) is 4.39 Å². The van der Waals surface area contributed by atoms with E-state index in [0.29, 0.717) is 54.2 Å². The molecular formula is C22H22ClFN2O3. The highest BCUT2D eigenvalue weighted by atomic mass is 35.5. The van der Waals surface area contributed by atoms with E-state index in [4.69, 9.17) is 11.6 Å². The van der Waals surface area contributed by atoms with E-state index in [1.54, 1.807) is 46.2 Å². The predicted octanol–water partition coefficient (Wildman–Crippen LogP) is 3.34. The van der Waals surface area contributed by atoms with Crippen LogP contribution in [0.2, 0.25) is 5.02 Å². The Kier molecular flexibility index (Phi) is 5.09. The fourth-order valence-corrected chi connectivity index (χ4v) is 3.90. The average molecular weight is 417 g/mol. The van der Waals surface area contributed by atoms with Crippen molar-refractivity contribution in [1.29, 1.82) is 0 Å². The van der Waals surface area contributed by atoms with Crippen molar-refractivity contribution in [3.63, 3.8) is 0 Å². The molecule has 1 atom stereocenters. The number of rotatable bonds is 3. The van der Waals surface area contributed by atoms with Crippen molar-refractivity contribution in [1.82, 2.24) is 9.80 Å². The number of aliphatic hydroxyl groups is 1. The largest absolute Gasteiger partial charge is 0.380 e. The van der Waals surface area contributed by atoms with Crippen LogP contribution < -0.4 is 0 Å². The second-order valence-electron chi connectivity index (χ2n) is 7.83. The number of carbonyl (C=O) groups is 2. The topological polar surface area (TPSA) is 60.9 Å². The minimum atomic E-state index is -1.19. The fourth-order valence-electron chi connectivity index (χ4n) is 3.74. The number of carbonyl (C=O) groups excluding carboxylic acids is 2. The lowest BCUT2D eigenvalue weighted by atomic mass is 10.0. The fraction of sp³-hybridized carbons (Fsp3) is 0.364. The number of benzene rings is 2. The minimum absolute atomic E-state index is 0.128. The smallest absolute Gasteiger partial charge is 0.254 e. The Morgan fingerprint density at radius 2 is 1.83 bits per heavy atom. The van der Waals surface area contributed by atoms with Gasteiger partial charge in [-0.1, -0.05) is 23.7 Å². The van der Waals surface area contributed by atoms with Crippen molar-refractivity contribution < 1.29 is 19.1 Å². The molecule has 2 aliphatic rings. The number of hydrogen-bond acceptors (Lipinski definition) is 3. The van der Waals surface area contributed by atoms with Crippen LogP contribution in [-0.4, -0.2) is 58.0 Å². The van der Waals surface area contributed by atoms with Crippen molar-refractivity contribution in [3.05, 3.63) is 58.9 Å². The second-order valence-corrected chi connectivity index (χ2v) is 8.27. The van der Waals surface area contributed by atoms with E-state index < -0.39 is 11.4 Å². The van der Waals surface area contributed by atoms with Gasteiger partial charge in [-0.25, -0.2) is 4.39 Å². The normalized spacial score (nSPS) is 20.5. The van der Waals surface area contributed by atoms with Gasteiger partial charge in [0.15, 0.2) is 0 Å². The molecule has 7 heteroatoms. The molecule has 1 aliphatic heterocycles. The summed E-state index contributed by atoms with van der Waals surface area (Å²) in [7, 11) is 0. The maximum absolute atomic E-state index is 14.1. The second kappa shape index (κ2) is 7.43. The molecule has 1 aliphatic carbocycles. The van der Waals surface area contributed by atoms with E-state index in [0.717, 1.165) is 0 Å². The predicted molar refractivity (Wildman–Crippen MR) is 108 cm³/mol. The highest BCUT2D eigenvalue weighted by Crippen LogP contribution is 2.37. The molecule has 0 aromatic heterocycles. The monoisotopic (exact) mass is 416 g/mol. The Hall–Kier alpha value is -2.44. The van der Waals surface area contributed by atoms with Crippen molar-refractivity contribution in [2.45, 2.75) is 31.4 Å². The summed E-state index contributed by atoms with van der Waals surface area (Å²) in [5.41, 5.74) is 0.410. The Labute approximate surface area is 173 Å². The molecule has 1 saturated carbocycles. The van der Waals surface area contributed by atoms with Gasteiger partial charge < -0.3 is 14.9 Å². The van der Waals surface area contributed by atoms with Crippen LogP contribution in [0.1, 0.15) is 30.1 Å². The zero-order valence-electron chi connectivity index (χ0n) is 16.1. The summed E-state index contributed by atoms with van der Waals surface area (Å²) in [6.07, 6.45) is 1.02. The maximum Gasteiger partial charge on any atom is 0.254 e. The molecule has 152 valence electrons. The highest BCUT2D eigenvalue weighted by Gasteiger charge is 2.51. The molecule has 5 nitrogen and oxygen atoms in total. The van der Waals surface area contributed by atoms with Crippen LogP contribution in [0.25, 0.3) is 11.1 Å². The standard InChI is InChI=1S/C22H22ClFN2O3/c1-14-13-25(10-11-26(14)21(28)22(29)8-9-22)20(27)16-4-2-15(3-5-16)18-7-6-17(23)12-19(18)24/h2-7,12,14,29H,8-11,13H2,1H3. The van der Waals surface area contributed by atoms with Gasteiger partial charge in [-0.15, -0.1) is 0 Å². The summed E-state index contributed by atoms with van der Waals surface area (Å²) in [5, 5.41) is 10.4. The Morgan fingerprint density at radius 3 is 2.41 bits per heavy atom. The molecule has 0 bridgehead atoms. The van der Waals surface area contributed by atoms with Crippen molar-refractivity contribution in [2.75, 3.05) is 19.6 Å². The first-order chi connectivity index (χ1) is 13.8. The lowest BCUT2D eigenvalue weighted by Crippen LogP contribution is -2.57. The summed E-state index contributed by atoms with van der Waals surface area (Å²) < 4.78 is 14.1. The molecule has 1 N–H and O–H groups in total. The molecule has 2 fully saturated rings. The summed E-state index contributed by atoms with van der Waals surface area (Å²) >= 11 is 5.80. The first-order valence-corrected chi connectivity index (χ1v) is 10.0. The van der Waals surface area contributed by atoms with E-state index in [9.17, 15) is 19.1 Å². The lowest BCUT2D eigenvalue weighted by molar-refractivity contribution is -0.146. The van der Waals surface area contributed by atoms with Gasteiger partial charge in [-0.05, 0) is 55.7 Å². The number of nitrogens with zero attached hydrogens (tertiary/aromatic N) is 2. The van der Waals surface area contributed by atoms with Gasteiger partial charge in [-0.3, -0.25) is 9.59 Å². The maximum atomic E-state index is 14.1. The molecule has 29 heavy (non-hydrogen) atoms. The number of halogens is 2. The van der Waals surface area contributed by atoms with Crippen molar-refractivity contribution in [2.24, 2.45) is 0 Å². The summed E-state index contributed by atoms with van der Waals surface area (Å²) in [6.45, 7) is 3.12. The minimum Gasteiger partial charge on any atom is -0.380 e. The average Bonchev–Trinajstić information content (AvgIpc) is 3.46. The first kappa shape index (κ1) is 19.9. The molecule has 1 saturated heterocycles. The van der Waals surface area contributed by atoms with E-state index >= 15 is 0 Å². The lowest BCUT2D eigenvalue weighted by Gasteiger charge is -2.40. The molecule has 0 spiro atoms. The number of amides is 2. The highest BCUT2D eigenvalue weighted by molar-refractivity contribution is 6.30. The van der Waals surface area contributed by atoms with Crippen molar-refractivity contribution >= 4 is 23.4 Å². The molecular weight excluding hydrogens is 395 g/mol. The van der Waals surface area contributed by atoms with E-state index in [2.05, 4.69) is 0 Å². The van der Waals surface area contributed by atoms with Crippen LogP contribution in [0.15, 0.2) is 42.5 Å². The molecule has 0 radical (unpaired) electrons. The molecule has 2 aromatic carbocycles. The van der Waals surface area contributed by atoms with Gasteiger partial charge >= 0.3 is 0 Å². The third-order valence-corrected chi connectivity index (χ3v) is 5.91. The van der Waals surface area contributed by atoms with Gasteiger partial charge in [0, 0.05) is 41.8 Å². The zero-order valence-corrected chi connectivity index (χ0v) is 16.8.